The third kappa shape index (κ3) is 5.98. The summed E-state index contributed by atoms with van der Waals surface area (Å²) in [5.41, 5.74) is 0.669. The molecule has 1 saturated carbocycles. The largest absolute Gasteiger partial charge is 0.494 e. The fourth-order valence-electron chi connectivity index (χ4n) is 3.64. The molecule has 1 fully saturated rings. The molecule has 6 heteroatoms. The molecule has 0 saturated heterocycles. The fourth-order valence-corrected chi connectivity index (χ4v) is 3.64. The lowest BCUT2D eigenvalue weighted by Gasteiger charge is -2.23. The third-order valence-corrected chi connectivity index (χ3v) is 5.00. The third-order valence-electron chi connectivity index (χ3n) is 5.00. The van der Waals surface area contributed by atoms with Crippen molar-refractivity contribution < 1.29 is 19.1 Å². The van der Waals surface area contributed by atoms with Gasteiger partial charge in [0.25, 0.3) is 0 Å². The van der Waals surface area contributed by atoms with Crippen molar-refractivity contribution in [2.24, 2.45) is 5.92 Å². The van der Waals surface area contributed by atoms with Crippen LogP contribution >= 0.6 is 0 Å². The Morgan fingerprint density at radius 3 is 2.07 bits per heavy atom. The Labute approximate surface area is 171 Å². The van der Waals surface area contributed by atoms with Crippen LogP contribution in [0.5, 0.6) is 17.2 Å². The Morgan fingerprint density at radius 1 is 0.966 bits per heavy atom. The van der Waals surface area contributed by atoms with Gasteiger partial charge in [-0.25, -0.2) is 0 Å². The van der Waals surface area contributed by atoms with E-state index in [0.717, 1.165) is 31.4 Å². The highest BCUT2D eigenvalue weighted by Crippen LogP contribution is 2.29. The number of carbonyl (C=O) groups is 2. The minimum Gasteiger partial charge on any atom is -0.494 e. The van der Waals surface area contributed by atoms with Gasteiger partial charge in [0.05, 0.1) is 6.61 Å². The van der Waals surface area contributed by atoms with E-state index >= 15 is 0 Å². The molecule has 0 spiro atoms. The minimum absolute atomic E-state index is 0.174. The molecule has 0 aromatic heterocycles. The van der Waals surface area contributed by atoms with Crippen LogP contribution in [0.3, 0.4) is 0 Å². The molecule has 2 aromatic carbocycles. The van der Waals surface area contributed by atoms with Gasteiger partial charge in [0, 0.05) is 12.6 Å². The molecule has 0 aliphatic heterocycles. The lowest BCUT2D eigenvalue weighted by Crippen LogP contribution is -2.47. The quantitative estimate of drug-likeness (QED) is 0.688. The molecule has 154 valence electrons. The van der Waals surface area contributed by atoms with E-state index in [0.29, 0.717) is 23.8 Å². The smallest absolute Gasteiger partial charge is 0.247 e. The fraction of sp³-hybridized carbons (Fsp3) is 0.391. The summed E-state index contributed by atoms with van der Waals surface area (Å²) in [5.74, 6) is 2.01. The second kappa shape index (κ2) is 9.96. The topological polar surface area (TPSA) is 76.7 Å². The number of ether oxygens (including phenoxy) is 2. The molecule has 0 bridgehead atoms. The van der Waals surface area contributed by atoms with E-state index < -0.39 is 6.04 Å². The van der Waals surface area contributed by atoms with Crippen molar-refractivity contribution in [3.8, 4) is 17.2 Å². The monoisotopic (exact) mass is 396 g/mol. The lowest BCUT2D eigenvalue weighted by molar-refractivity contribution is -0.126. The molecule has 6 nitrogen and oxygen atoms in total. The molecule has 2 aromatic rings. The van der Waals surface area contributed by atoms with Crippen LogP contribution in [0.2, 0.25) is 0 Å². The van der Waals surface area contributed by atoms with Gasteiger partial charge < -0.3 is 20.1 Å². The van der Waals surface area contributed by atoms with E-state index in [4.69, 9.17) is 9.47 Å². The molecular formula is C23H28N2O4. The molecule has 1 aliphatic carbocycles. The minimum atomic E-state index is -0.491. The maximum Gasteiger partial charge on any atom is 0.247 e. The van der Waals surface area contributed by atoms with E-state index in [9.17, 15) is 9.59 Å². The molecule has 29 heavy (non-hydrogen) atoms. The van der Waals surface area contributed by atoms with Crippen LogP contribution in [-0.4, -0.2) is 24.5 Å². The second-order valence-electron chi connectivity index (χ2n) is 7.24. The molecule has 1 aliphatic rings. The number of benzene rings is 2. The number of hydrogen-bond donors (Lipinski definition) is 2. The van der Waals surface area contributed by atoms with Crippen molar-refractivity contribution in [1.82, 2.24) is 5.32 Å². The normalized spacial score (nSPS) is 14.8. The zero-order valence-electron chi connectivity index (χ0n) is 16.9. The Kier molecular flexibility index (Phi) is 7.11. The lowest BCUT2D eigenvalue weighted by atomic mass is 9.97. The SMILES string of the molecule is CCOc1ccc(Oc2ccc(NC(=O)C(NC(C)=O)C3CCCC3)cc2)cc1. The van der Waals surface area contributed by atoms with Crippen LogP contribution in [0.4, 0.5) is 5.69 Å². The number of rotatable bonds is 8. The van der Waals surface area contributed by atoms with E-state index in [1.165, 1.54) is 6.92 Å². The summed E-state index contributed by atoms with van der Waals surface area (Å²) >= 11 is 0. The van der Waals surface area contributed by atoms with Crippen molar-refractivity contribution in [3.05, 3.63) is 48.5 Å². The van der Waals surface area contributed by atoms with Crippen molar-refractivity contribution in [1.29, 1.82) is 0 Å². The highest BCUT2D eigenvalue weighted by molar-refractivity contribution is 5.97. The van der Waals surface area contributed by atoms with Gasteiger partial charge in [-0.3, -0.25) is 9.59 Å². The number of nitrogens with one attached hydrogen (secondary N) is 2. The number of anilines is 1. The first-order valence-corrected chi connectivity index (χ1v) is 10.1. The van der Waals surface area contributed by atoms with Gasteiger partial charge in [-0.05, 0) is 74.2 Å². The molecule has 0 heterocycles. The summed E-state index contributed by atoms with van der Waals surface area (Å²) < 4.78 is 11.2. The van der Waals surface area contributed by atoms with Crippen molar-refractivity contribution >= 4 is 17.5 Å². The first-order chi connectivity index (χ1) is 14.0. The van der Waals surface area contributed by atoms with Crippen molar-refractivity contribution in [2.75, 3.05) is 11.9 Å². The van der Waals surface area contributed by atoms with E-state index in [2.05, 4.69) is 10.6 Å². The maximum absolute atomic E-state index is 12.7. The molecule has 3 rings (SSSR count). The van der Waals surface area contributed by atoms with Crippen LogP contribution in [0, 0.1) is 5.92 Å². The van der Waals surface area contributed by atoms with Gasteiger partial charge >= 0.3 is 0 Å². The maximum atomic E-state index is 12.7. The number of carbonyl (C=O) groups excluding carboxylic acids is 2. The Hall–Kier alpha value is -3.02. The van der Waals surface area contributed by atoms with Crippen molar-refractivity contribution in [3.63, 3.8) is 0 Å². The Morgan fingerprint density at radius 2 is 1.52 bits per heavy atom. The van der Waals surface area contributed by atoms with Crippen LogP contribution in [0.1, 0.15) is 39.5 Å². The predicted octanol–water partition coefficient (Wildman–Crippen LogP) is 4.51. The average Bonchev–Trinajstić information content (AvgIpc) is 3.23. The van der Waals surface area contributed by atoms with Gasteiger partial charge in [0.1, 0.15) is 23.3 Å². The number of amides is 2. The van der Waals surface area contributed by atoms with Crippen LogP contribution in [0.25, 0.3) is 0 Å². The molecule has 1 atom stereocenters. The van der Waals surface area contributed by atoms with Crippen LogP contribution in [0.15, 0.2) is 48.5 Å². The van der Waals surface area contributed by atoms with Gasteiger partial charge in [-0.2, -0.15) is 0 Å². The summed E-state index contributed by atoms with van der Waals surface area (Å²) in [7, 11) is 0. The Balaban J connectivity index is 1.60. The van der Waals surface area contributed by atoms with Gasteiger partial charge in [0.15, 0.2) is 0 Å². The summed E-state index contributed by atoms with van der Waals surface area (Å²) in [6.45, 7) is 4.01. The van der Waals surface area contributed by atoms with Gasteiger partial charge in [-0.15, -0.1) is 0 Å². The first-order valence-electron chi connectivity index (χ1n) is 10.1. The zero-order chi connectivity index (χ0) is 20.6. The standard InChI is InChI=1S/C23H28N2O4/c1-3-28-19-12-14-21(15-13-19)29-20-10-8-18(9-11-20)25-23(27)22(24-16(2)26)17-6-4-5-7-17/h8-15,17,22H,3-7H2,1-2H3,(H,24,26)(H,25,27). The van der Waals surface area contributed by atoms with Crippen molar-refractivity contribution in [2.45, 2.75) is 45.6 Å². The van der Waals surface area contributed by atoms with E-state index in [1.807, 2.05) is 31.2 Å². The molecule has 2 amide bonds. The summed E-state index contributed by atoms with van der Waals surface area (Å²) in [4.78, 5) is 24.3. The molecule has 0 radical (unpaired) electrons. The average molecular weight is 396 g/mol. The van der Waals surface area contributed by atoms with Gasteiger partial charge in [-0.1, -0.05) is 12.8 Å². The summed E-state index contributed by atoms with van der Waals surface area (Å²) in [6.07, 6.45) is 4.14. The summed E-state index contributed by atoms with van der Waals surface area (Å²) in [6, 6.07) is 14.1. The zero-order valence-corrected chi connectivity index (χ0v) is 16.9. The predicted molar refractivity (Wildman–Crippen MR) is 112 cm³/mol. The highest BCUT2D eigenvalue weighted by Gasteiger charge is 2.31. The van der Waals surface area contributed by atoms with Crippen LogP contribution < -0.4 is 20.1 Å². The Bertz CT molecular complexity index is 812. The highest BCUT2D eigenvalue weighted by atomic mass is 16.5. The molecule has 1 unspecified atom stereocenters. The summed E-state index contributed by atoms with van der Waals surface area (Å²) in [5, 5.41) is 5.72. The van der Waals surface area contributed by atoms with Crippen LogP contribution in [-0.2, 0) is 9.59 Å². The first kappa shape index (κ1) is 20.7. The van der Waals surface area contributed by atoms with E-state index in [1.54, 1.807) is 24.3 Å². The second-order valence-corrected chi connectivity index (χ2v) is 7.24. The number of hydrogen-bond acceptors (Lipinski definition) is 4. The molecular weight excluding hydrogens is 368 g/mol. The van der Waals surface area contributed by atoms with Gasteiger partial charge in [0.2, 0.25) is 11.8 Å². The molecule has 2 N–H and O–H groups in total. The van der Waals surface area contributed by atoms with E-state index in [-0.39, 0.29) is 17.7 Å².